The highest BCUT2D eigenvalue weighted by Crippen LogP contribution is 2.30. The van der Waals surface area contributed by atoms with Crippen molar-refractivity contribution in [3.8, 4) is 0 Å². The Kier molecular flexibility index (Phi) is 5.37. The van der Waals surface area contributed by atoms with Crippen LogP contribution in [0.15, 0.2) is 0 Å². The predicted octanol–water partition coefficient (Wildman–Crippen LogP) is 3.74. The molecule has 0 bridgehead atoms. The van der Waals surface area contributed by atoms with Crippen LogP contribution >= 0.6 is 0 Å². The maximum absolute atomic E-state index is 2.60. The number of benzene rings is 1. The standard InChI is InChI=1S/C26H40N4/c1-19-20(2)26(16-28-14-24-10-6-8-12-30(24)18-28)22(4)21(3)25(19)15-27-13-23-9-5-7-11-29(23)17-27/h17-18,23-24H,5-16H2,1-4H3/q+2. The minimum atomic E-state index is 0.755. The van der Waals surface area contributed by atoms with E-state index in [4.69, 9.17) is 0 Å². The molecule has 0 N–H and O–H groups in total. The average Bonchev–Trinajstić information content (AvgIpc) is 3.35. The van der Waals surface area contributed by atoms with Gasteiger partial charge >= 0.3 is 0 Å². The molecule has 5 rings (SSSR count). The van der Waals surface area contributed by atoms with Gasteiger partial charge in [-0.2, -0.15) is 0 Å². The summed E-state index contributed by atoms with van der Waals surface area (Å²) in [5, 5.41) is 0. The third-order valence-corrected chi connectivity index (χ3v) is 8.52. The lowest BCUT2D eigenvalue weighted by molar-refractivity contribution is -0.534. The van der Waals surface area contributed by atoms with E-state index in [1.165, 1.54) is 87.0 Å². The van der Waals surface area contributed by atoms with Gasteiger partial charge in [0.05, 0.1) is 13.1 Å². The zero-order chi connectivity index (χ0) is 20.8. The molecular weight excluding hydrogens is 368 g/mol. The molecule has 4 heteroatoms. The van der Waals surface area contributed by atoms with Crippen molar-refractivity contribution in [1.82, 2.24) is 9.80 Å². The summed E-state index contributed by atoms with van der Waals surface area (Å²) in [5.74, 6) is 0. The molecule has 162 valence electrons. The Labute approximate surface area is 182 Å². The highest BCUT2D eigenvalue weighted by molar-refractivity contribution is 5.54. The predicted molar refractivity (Wildman–Crippen MR) is 124 cm³/mol. The van der Waals surface area contributed by atoms with E-state index < -0.39 is 0 Å². The van der Waals surface area contributed by atoms with Gasteiger partial charge in [0.15, 0.2) is 0 Å². The van der Waals surface area contributed by atoms with Crippen molar-refractivity contribution < 1.29 is 9.15 Å². The number of hydrogen-bond donors (Lipinski definition) is 0. The van der Waals surface area contributed by atoms with Crippen LogP contribution in [0.25, 0.3) is 0 Å². The van der Waals surface area contributed by atoms with Crippen LogP contribution in [-0.2, 0) is 13.1 Å². The van der Waals surface area contributed by atoms with Crippen molar-refractivity contribution in [1.29, 1.82) is 0 Å². The van der Waals surface area contributed by atoms with Crippen LogP contribution in [0, 0.1) is 27.7 Å². The summed E-state index contributed by atoms with van der Waals surface area (Å²) in [6, 6.07) is 1.51. The smallest absolute Gasteiger partial charge is 0.234 e. The molecule has 2 atom stereocenters. The molecule has 0 aromatic heterocycles. The number of hydrogen-bond acceptors (Lipinski definition) is 2. The van der Waals surface area contributed by atoms with Crippen LogP contribution in [-0.4, -0.2) is 69.9 Å². The molecule has 2 saturated heterocycles. The first kappa shape index (κ1) is 20.1. The molecule has 1 aromatic rings. The van der Waals surface area contributed by atoms with Gasteiger partial charge in [0.2, 0.25) is 12.7 Å². The first-order valence-electron chi connectivity index (χ1n) is 12.3. The maximum atomic E-state index is 2.60. The lowest BCUT2D eigenvalue weighted by atomic mass is 9.88. The summed E-state index contributed by atoms with van der Waals surface area (Å²) >= 11 is 0. The molecule has 1 aromatic carbocycles. The highest BCUT2D eigenvalue weighted by atomic mass is 15.3. The lowest BCUT2D eigenvalue weighted by Crippen LogP contribution is -2.35. The zero-order valence-corrected chi connectivity index (χ0v) is 19.6. The summed E-state index contributed by atoms with van der Waals surface area (Å²) in [6.07, 6.45) is 13.1. The maximum Gasteiger partial charge on any atom is 0.234 e. The Balaban J connectivity index is 1.38. The lowest BCUT2D eigenvalue weighted by Gasteiger charge is -2.22. The van der Waals surface area contributed by atoms with Crippen LogP contribution in [0.4, 0.5) is 0 Å². The Morgan fingerprint density at radius 1 is 0.667 bits per heavy atom. The van der Waals surface area contributed by atoms with Crippen LogP contribution in [0.3, 0.4) is 0 Å². The molecule has 4 heterocycles. The van der Waals surface area contributed by atoms with Crippen molar-refractivity contribution in [2.75, 3.05) is 26.2 Å². The zero-order valence-electron chi connectivity index (χ0n) is 19.6. The summed E-state index contributed by atoms with van der Waals surface area (Å²) < 4.78 is 5.16. The summed E-state index contributed by atoms with van der Waals surface area (Å²) in [4.78, 5) is 5.19. The minimum Gasteiger partial charge on any atom is -0.262 e. The van der Waals surface area contributed by atoms with Crippen molar-refractivity contribution >= 4 is 12.7 Å². The van der Waals surface area contributed by atoms with E-state index in [2.05, 4.69) is 59.3 Å². The van der Waals surface area contributed by atoms with E-state index in [1.807, 2.05) is 0 Å². The van der Waals surface area contributed by atoms with Crippen molar-refractivity contribution in [3.63, 3.8) is 0 Å². The van der Waals surface area contributed by atoms with Gasteiger partial charge in [-0.15, -0.1) is 0 Å². The van der Waals surface area contributed by atoms with E-state index >= 15 is 0 Å². The van der Waals surface area contributed by atoms with Crippen LogP contribution in [0.1, 0.15) is 71.9 Å². The Morgan fingerprint density at radius 3 is 1.43 bits per heavy atom. The third-order valence-electron chi connectivity index (χ3n) is 8.52. The van der Waals surface area contributed by atoms with Gasteiger partial charge in [-0.3, -0.25) is 19.0 Å². The Morgan fingerprint density at radius 2 is 1.07 bits per heavy atom. The number of piperidine rings is 2. The first-order chi connectivity index (χ1) is 14.5. The number of rotatable bonds is 4. The third kappa shape index (κ3) is 3.56. The van der Waals surface area contributed by atoms with Gasteiger partial charge in [-0.25, -0.2) is 0 Å². The summed E-state index contributed by atoms with van der Waals surface area (Å²) in [5.41, 5.74) is 9.19. The summed E-state index contributed by atoms with van der Waals surface area (Å²) in [6.45, 7) is 16.5. The van der Waals surface area contributed by atoms with Crippen LogP contribution in [0.5, 0.6) is 0 Å². The molecule has 4 aliphatic rings. The largest absolute Gasteiger partial charge is 0.262 e. The normalized spacial score (nSPS) is 25.9. The van der Waals surface area contributed by atoms with E-state index in [-0.39, 0.29) is 0 Å². The van der Waals surface area contributed by atoms with Crippen LogP contribution < -0.4 is 0 Å². The van der Waals surface area contributed by atoms with Crippen molar-refractivity contribution in [2.45, 2.75) is 91.4 Å². The number of fused-ring (bicyclic) bond motifs is 2. The number of nitrogens with zero attached hydrogens (tertiary/aromatic N) is 4. The average molecular weight is 409 g/mol. The fraction of sp³-hybridized carbons (Fsp3) is 0.692. The molecule has 0 radical (unpaired) electrons. The van der Waals surface area contributed by atoms with E-state index in [0.29, 0.717) is 0 Å². The van der Waals surface area contributed by atoms with E-state index in [0.717, 1.165) is 25.2 Å². The molecular formula is C26H40N4+2. The topological polar surface area (TPSA) is 12.5 Å². The second kappa shape index (κ2) is 8.01. The second-order valence-corrected chi connectivity index (χ2v) is 10.3. The molecule has 0 amide bonds. The molecule has 0 spiro atoms. The molecule has 30 heavy (non-hydrogen) atoms. The molecule has 2 unspecified atom stereocenters. The fourth-order valence-electron chi connectivity index (χ4n) is 6.36. The van der Waals surface area contributed by atoms with Gasteiger partial charge in [-0.1, -0.05) is 0 Å². The van der Waals surface area contributed by atoms with Crippen LogP contribution in [0.2, 0.25) is 0 Å². The summed E-state index contributed by atoms with van der Waals surface area (Å²) in [7, 11) is 0. The minimum absolute atomic E-state index is 0.755. The fourth-order valence-corrected chi connectivity index (χ4v) is 6.36. The van der Waals surface area contributed by atoms with E-state index in [1.54, 1.807) is 11.1 Å². The quantitative estimate of drug-likeness (QED) is 0.704. The monoisotopic (exact) mass is 408 g/mol. The van der Waals surface area contributed by atoms with Gasteiger partial charge < -0.3 is 0 Å². The van der Waals surface area contributed by atoms with Gasteiger partial charge in [0.25, 0.3) is 0 Å². The van der Waals surface area contributed by atoms with E-state index in [9.17, 15) is 0 Å². The van der Waals surface area contributed by atoms with Crippen molar-refractivity contribution in [2.24, 2.45) is 0 Å². The van der Waals surface area contributed by atoms with Gasteiger partial charge in [0, 0.05) is 0 Å². The molecule has 4 nitrogen and oxygen atoms in total. The molecule has 2 fully saturated rings. The van der Waals surface area contributed by atoms with Gasteiger partial charge in [0.1, 0.15) is 38.3 Å². The Bertz CT molecular complexity index is 795. The highest BCUT2D eigenvalue weighted by Gasteiger charge is 2.35. The SMILES string of the molecule is Cc1c(C)c(C[N+]2=CN3CCCCC3C2)c(C)c(C)c1C[N+]1=CN2CCCCC2C1. The van der Waals surface area contributed by atoms with Gasteiger partial charge in [-0.05, 0) is 99.6 Å². The second-order valence-electron chi connectivity index (χ2n) is 10.3. The molecule has 4 aliphatic heterocycles. The first-order valence-corrected chi connectivity index (χ1v) is 12.3. The van der Waals surface area contributed by atoms with Crippen molar-refractivity contribution in [3.05, 3.63) is 33.4 Å². The molecule has 0 aliphatic carbocycles. The Hall–Kier alpha value is -1.84. The molecule has 0 saturated carbocycles.